The van der Waals surface area contributed by atoms with Crippen LogP contribution in [0, 0.1) is 0 Å². The summed E-state index contributed by atoms with van der Waals surface area (Å²) < 4.78 is 9.72. The third-order valence-corrected chi connectivity index (χ3v) is 2.54. The van der Waals surface area contributed by atoms with E-state index >= 15 is 0 Å². The van der Waals surface area contributed by atoms with Crippen molar-refractivity contribution in [2.24, 2.45) is 0 Å². The van der Waals surface area contributed by atoms with E-state index in [0.717, 1.165) is 31.6 Å². The highest BCUT2D eigenvalue weighted by molar-refractivity contribution is 5.69. The van der Waals surface area contributed by atoms with Crippen molar-refractivity contribution in [2.75, 3.05) is 20.7 Å². The molecule has 1 rings (SSSR count). The second-order valence-electron chi connectivity index (χ2n) is 4.27. The average Bonchev–Trinajstić information content (AvgIpc) is 2.76. The minimum atomic E-state index is -0.175. The van der Waals surface area contributed by atoms with E-state index < -0.39 is 0 Å². The van der Waals surface area contributed by atoms with Crippen LogP contribution in [-0.2, 0) is 22.5 Å². The SMILES string of the molecule is CCCc1noc(CN(C)CCCC(=O)OC)n1. The summed E-state index contributed by atoms with van der Waals surface area (Å²) in [6.07, 6.45) is 3.05. The molecule has 0 radical (unpaired) electrons. The minimum absolute atomic E-state index is 0.175. The van der Waals surface area contributed by atoms with E-state index in [4.69, 9.17) is 4.52 Å². The van der Waals surface area contributed by atoms with Crippen molar-refractivity contribution < 1.29 is 14.1 Å². The van der Waals surface area contributed by atoms with Crippen LogP contribution in [0.2, 0.25) is 0 Å². The van der Waals surface area contributed by atoms with Gasteiger partial charge in [-0.25, -0.2) is 0 Å². The molecular weight excluding hydrogens is 234 g/mol. The fraction of sp³-hybridized carbons (Fsp3) is 0.750. The van der Waals surface area contributed by atoms with Gasteiger partial charge in [-0.05, 0) is 26.4 Å². The third kappa shape index (κ3) is 5.27. The number of aryl methyl sites for hydroxylation is 1. The molecule has 6 nitrogen and oxygen atoms in total. The van der Waals surface area contributed by atoms with Crippen LogP contribution in [0.3, 0.4) is 0 Å². The van der Waals surface area contributed by atoms with Gasteiger partial charge in [-0.2, -0.15) is 4.98 Å². The lowest BCUT2D eigenvalue weighted by Crippen LogP contribution is -2.20. The van der Waals surface area contributed by atoms with E-state index in [1.807, 2.05) is 11.9 Å². The second kappa shape index (κ2) is 7.81. The summed E-state index contributed by atoms with van der Waals surface area (Å²) in [4.78, 5) is 17.3. The molecule has 0 saturated carbocycles. The largest absolute Gasteiger partial charge is 0.469 e. The lowest BCUT2D eigenvalue weighted by atomic mass is 10.3. The average molecular weight is 255 g/mol. The van der Waals surface area contributed by atoms with Crippen LogP contribution < -0.4 is 0 Å². The van der Waals surface area contributed by atoms with Gasteiger partial charge in [0.15, 0.2) is 5.82 Å². The molecule has 0 amide bonds. The van der Waals surface area contributed by atoms with Gasteiger partial charge in [-0.1, -0.05) is 12.1 Å². The summed E-state index contributed by atoms with van der Waals surface area (Å²) in [6, 6.07) is 0. The van der Waals surface area contributed by atoms with Gasteiger partial charge >= 0.3 is 5.97 Å². The monoisotopic (exact) mass is 255 g/mol. The van der Waals surface area contributed by atoms with Gasteiger partial charge in [0.05, 0.1) is 13.7 Å². The van der Waals surface area contributed by atoms with Crippen molar-refractivity contribution in [1.82, 2.24) is 15.0 Å². The number of hydrogen-bond donors (Lipinski definition) is 0. The molecule has 0 aliphatic heterocycles. The van der Waals surface area contributed by atoms with Crippen LogP contribution in [0.5, 0.6) is 0 Å². The lowest BCUT2D eigenvalue weighted by molar-refractivity contribution is -0.140. The number of nitrogens with zero attached hydrogens (tertiary/aromatic N) is 3. The number of methoxy groups -OCH3 is 1. The molecule has 0 aliphatic carbocycles. The zero-order valence-corrected chi connectivity index (χ0v) is 11.3. The Labute approximate surface area is 107 Å². The van der Waals surface area contributed by atoms with Gasteiger partial charge in [0.2, 0.25) is 5.89 Å². The fourth-order valence-corrected chi connectivity index (χ4v) is 1.58. The number of hydrogen-bond acceptors (Lipinski definition) is 6. The number of carbonyl (C=O) groups excluding carboxylic acids is 1. The zero-order valence-electron chi connectivity index (χ0n) is 11.3. The van der Waals surface area contributed by atoms with Crippen LogP contribution in [0.4, 0.5) is 0 Å². The molecule has 1 heterocycles. The second-order valence-corrected chi connectivity index (χ2v) is 4.27. The molecule has 0 N–H and O–H groups in total. The van der Waals surface area contributed by atoms with E-state index in [2.05, 4.69) is 21.8 Å². The summed E-state index contributed by atoms with van der Waals surface area (Å²) in [5.74, 6) is 1.21. The zero-order chi connectivity index (χ0) is 13.4. The first-order chi connectivity index (χ1) is 8.65. The molecule has 0 spiro atoms. The maximum atomic E-state index is 10.9. The smallest absolute Gasteiger partial charge is 0.305 e. The molecule has 0 bridgehead atoms. The first-order valence-electron chi connectivity index (χ1n) is 6.22. The summed E-state index contributed by atoms with van der Waals surface area (Å²) in [5.41, 5.74) is 0. The van der Waals surface area contributed by atoms with Gasteiger partial charge in [0.1, 0.15) is 0 Å². The standard InChI is InChI=1S/C12H21N3O3/c1-4-6-10-13-11(18-14-10)9-15(2)8-5-7-12(16)17-3/h4-9H2,1-3H3. The highest BCUT2D eigenvalue weighted by Crippen LogP contribution is 2.04. The first-order valence-corrected chi connectivity index (χ1v) is 6.22. The maximum absolute atomic E-state index is 10.9. The van der Waals surface area contributed by atoms with Crippen LogP contribution >= 0.6 is 0 Å². The summed E-state index contributed by atoms with van der Waals surface area (Å²) in [6.45, 7) is 3.48. The number of carbonyl (C=O) groups is 1. The lowest BCUT2D eigenvalue weighted by Gasteiger charge is -2.12. The molecule has 102 valence electrons. The first kappa shape index (κ1) is 14.6. The van der Waals surface area contributed by atoms with Gasteiger partial charge in [0, 0.05) is 12.8 Å². The van der Waals surface area contributed by atoms with E-state index in [1.165, 1.54) is 7.11 Å². The number of esters is 1. The minimum Gasteiger partial charge on any atom is -0.469 e. The molecule has 0 unspecified atom stereocenters. The molecule has 0 atom stereocenters. The molecular formula is C12H21N3O3. The number of aromatic nitrogens is 2. The van der Waals surface area contributed by atoms with Crippen molar-refractivity contribution in [3.63, 3.8) is 0 Å². The van der Waals surface area contributed by atoms with Crippen LogP contribution in [-0.4, -0.2) is 41.7 Å². The van der Waals surface area contributed by atoms with E-state index in [0.29, 0.717) is 18.9 Å². The van der Waals surface area contributed by atoms with Crippen LogP contribution in [0.25, 0.3) is 0 Å². The Bertz CT molecular complexity index is 365. The Morgan fingerprint density at radius 3 is 2.94 bits per heavy atom. The molecule has 1 aromatic heterocycles. The van der Waals surface area contributed by atoms with Gasteiger partial charge in [-0.3, -0.25) is 9.69 Å². The Morgan fingerprint density at radius 1 is 1.50 bits per heavy atom. The predicted octanol–water partition coefficient (Wildman–Crippen LogP) is 1.41. The van der Waals surface area contributed by atoms with Crippen molar-refractivity contribution in [2.45, 2.75) is 39.2 Å². The summed E-state index contributed by atoms with van der Waals surface area (Å²) in [7, 11) is 3.36. The Hall–Kier alpha value is -1.43. The van der Waals surface area contributed by atoms with Crippen LogP contribution in [0.1, 0.15) is 37.9 Å². The van der Waals surface area contributed by atoms with Gasteiger partial charge in [0.25, 0.3) is 0 Å². The van der Waals surface area contributed by atoms with E-state index in [-0.39, 0.29) is 5.97 Å². The van der Waals surface area contributed by atoms with Gasteiger partial charge < -0.3 is 9.26 Å². The Morgan fingerprint density at radius 2 is 2.28 bits per heavy atom. The third-order valence-electron chi connectivity index (χ3n) is 2.54. The Kier molecular flexibility index (Phi) is 6.35. The summed E-state index contributed by atoms with van der Waals surface area (Å²) >= 11 is 0. The van der Waals surface area contributed by atoms with E-state index in [1.54, 1.807) is 0 Å². The molecule has 18 heavy (non-hydrogen) atoms. The van der Waals surface area contributed by atoms with Gasteiger partial charge in [-0.15, -0.1) is 0 Å². The maximum Gasteiger partial charge on any atom is 0.305 e. The molecule has 0 aliphatic rings. The molecule has 0 fully saturated rings. The fourth-order valence-electron chi connectivity index (χ4n) is 1.58. The predicted molar refractivity (Wildman–Crippen MR) is 65.9 cm³/mol. The normalized spacial score (nSPS) is 10.9. The topological polar surface area (TPSA) is 68.5 Å². The van der Waals surface area contributed by atoms with Crippen molar-refractivity contribution in [3.8, 4) is 0 Å². The summed E-state index contributed by atoms with van der Waals surface area (Å²) in [5, 5.41) is 3.89. The quantitative estimate of drug-likeness (QED) is 0.654. The number of rotatable bonds is 8. The Balaban J connectivity index is 2.26. The highest BCUT2D eigenvalue weighted by Gasteiger charge is 2.09. The van der Waals surface area contributed by atoms with E-state index in [9.17, 15) is 4.79 Å². The molecule has 6 heteroatoms. The molecule has 0 saturated heterocycles. The molecule has 0 aromatic carbocycles. The number of ether oxygens (including phenoxy) is 1. The highest BCUT2D eigenvalue weighted by atomic mass is 16.5. The molecule has 1 aromatic rings. The van der Waals surface area contributed by atoms with Crippen molar-refractivity contribution >= 4 is 5.97 Å². The van der Waals surface area contributed by atoms with Crippen molar-refractivity contribution in [3.05, 3.63) is 11.7 Å². The van der Waals surface area contributed by atoms with Crippen molar-refractivity contribution in [1.29, 1.82) is 0 Å². The van der Waals surface area contributed by atoms with Crippen LogP contribution in [0.15, 0.2) is 4.52 Å².